The number of aliphatic hydroxyl groups is 1. The van der Waals surface area contributed by atoms with Crippen molar-refractivity contribution in [3.8, 4) is 0 Å². The molecule has 1 fully saturated rings. The van der Waals surface area contributed by atoms with E-state index in [2.05, 4.69) is 4.98 Å². The second kappa shape index (κ2) is 5.40. The van der Waals surface area contributed by atoms with Gasteiger partial charge < -0.3 is 20.1 Å². The zero-order chi connectivity index (χ0) is 15.8. The van der Waals surface area contributed by atoms with Crippen LogP contribution in [0.5, 0.6) is 0 Å². The third-order valence-electron chi connectivity index (χ3n) is 3.98. The number of hydrogen-bond donors (Lipinski definition) is 2. The Morgan fingerprint density at radius 1 is 1.38 bits per heavy atom. The molecule has 0 radical (unpaired) electrons. The number of halogens is 1. The third kappa shape index (κ3) is 3.10. The monoisotopic (exact) mass is 294 g/mol. The zero-order valence-electron chi connectivity index (χ0n) is 12.7. The largest absolute Gasteiger partial charge is 0.492 e. The fourth-order valence-electron chi connectivity index (χ4n) is 1.94. The third-order valence-corrected chi connectivity index (χ3v) is 3.98. The summed E-state index contributed by atoms with van der Waals surface area (Å²) in [6.07, 6.45) is 3.02. The summed E-state index contributed by atoms with van der Waals surface area (Å²) < 4.78 is 25.1. The number of rotatable bonds is 3. The summed E-state index contributed by atoms with van der Waals surface area (Å²) in [7, 11) is -0.680. The van der Waals surface area contributed by atoms with Gasteiger partial charge in [-0.15, -0.1) is 0 Å². The molecule has 5 nitrogen and oxygen atoms in total. The average molecular weight is 294 g/mol. The van der Waals surface area contributed by atoms with E-state index < -0.39 is 24.1 Å². The van der Waals surface area contributed by atoms with Gasteiger partial charge in [-0.05, 0) is 44.8 Å². The smallest absolute Gasteiger partial charge is 0.400 e. The summed E-state index contributed by atoms with van der Waals surface area (Å²) in [4.78, 5) is 3.74. The van der Waals surface area contributed by atoms with Crippen LogP contribution in [0.25, 0.3) is 6.08 Å². The van der Waals surface area contributed by atoms with Gasteiger partial charge in [-0.25, -0.2) is 9.37 Å². The summed E-state index contributed by atoms with van der Waals surface area (Å²) >= 11 is 0. The molecule has 2 rings (SSSR count). The molecular formula is C14H20BFN2O3. The molecule has 2 heterocycles. The lowest BCUT2D eigenvalue weighted by Crippen LogP contribution is -2.41. The average Bonchev–Trinajstić information content (AvgIpc) is 2.59. The molecule has 0 saturated carbocycles. The Morgan fingerprint density at radius 3 is 2.43 bits per heavy atom. The summed E-state index contributed by atoms with van der Waals surface area (Å²) in [5, 5.41) is 9.54. The first-order valence-electron chi connectivity index (χ1n) is 6.74. The highest BCUT2D eigenvalue weighted by Gasteiger charge is 2.52. The van der Waals surface area contributed by atoms with E-state index >= 15 is 0 Å². The Hall–Kier alpha value is -1.44. The molecule has 1 saturated heterocycles. The number of nitrogens with zero attached hydrogens (tertiary/aromatic N) is 1. The van der Waals surface area contributed by atoms with Gasteiger partial charge in [0.05, 0.1) is 17.8 Å². The van der Waals surface area contributed by atoms with E-state index in [1.165, 1.54) is 12.3 Å². The number of nitrogens with two attached hydrogens (primary N) is 1. The first-order chi connectivity index (χ1) is 9.66. The van der Waals surface area contributed by atoms with Gasteiger partial charge in [0.15, 0.2) is 11.6 Å². The fraction of sp³-hybridized carbons (Fsp3) is 0.500. The molecule has 1 aliphatic rings. The lowest BCUT2D eigenvalue weighted by molar-refractivity contribution is 0.00578. The number of anilines is 1. The van der Waals surface area contributed by atoms with E-state index in [1.54, 1.807) is 6.08 Å². The maximum Gasteiger partial charge on any atom is 0.492 e. The molecule has 0 aliphatic carbocycles. The van der Waals surface area contributed by atoms with Gasteiger partial charge in [-0.3, -0.25) is 0 Å². The van der Waals surface area contributed by atoms with Gasteiger partial charge >= 0.3 is 7.12 Å². The van der Waals surface area contributed by atoms with E-state index in [4.69, 9.17) is 15.0 Å². The number of aromatic nitrogens is 1. The van der Waals surface area contributed by atoms with Gasteiger partial charge in [0, 0.05) is 6.20 Å². The van der Waals surface area contributed by atoms with Crippen LogP contribution < -0.4 is 5.73 Å². The molecule has 21 heavy (non-hydrogen) atoms. The molecule has 0 spiro atoms. The number of hydrogen-bond acceptors (Lipinski definition) is 5. The molecule has 0 amide bonds. The molecule has 114 valence electrons. The normalized spacial score (nSPS) is 20.9. The van der Waals surface area contributed by atoms with E-state index in [0.29, 0.717) is 11.0 Å². The molecule has 0 bridgehead atoms. The van der Waals surface area contributed by atoms with Crippen molar-refractivity contribution in [1.82, 2.24) is 4.98 Å². The Labute approximate surface area is 124 Å². The highest BCUT2D eigenvalue weighted by atomic mass is 19.1. The van der Waals surface area contributed by atoms with E-state index in [9.17, 15) is 9.50 Å². The second-order valence-electron chi connectivity index (χ2n) is 6.10. The van der Waals surface area contributed by atoms with Crippen molar-refractivity contribution in [2.45, 2.75) is 38.9 Å². The van der Waals surface area contributed by atoms with E-state index in [0.717, 1.165) is 0 Å². The van der Waals surface area contributed by atoms with Crippen LogP contribution in [0.3, 0.4) is 0 Å². The summed E-state index contributed by atoms with van der Waals surface area (Å²) in [6, 6.07) is 1.25. The molecule has 0 atom stereocenters. The molecule has 1 aromatic heterocycles. The topological polar surface area (TPSA) is 77.6 Å². The number of pyridine rings is 1. The van der Waals surface area contributed by atoms with Gasteiger partial charge in [-0.1, -0.05) is 6.08 Å². The Bertz CT molecular complexity index is 559. The Balaban J connectivity index is 2.28. The highest BCUT2D eigenvalue weighted by molar-refractivity contribution is 6.55. The lowest BCUT2D eigenvalue weighted by atomic mass is 9.77. The predicted octanol–water partition coefficient (Wildman–Crippen LogP) is 1.81. The van der Waals surface area contributed by atoms with Crippen LogP contribution in [-0.2, 0) is 9.31 Å². The molecule has 0 aromatic carbocycles. The van der Waals surface area contributed by atoms with Crippen molar-refractivity contribution in [2.75, 3.05) is 12.3 Å². The molecule has 1 aliphatic heterocycles. The van der Waals surface area contributed by atoms with Gasteiger partial charge in [0.25, 0.3) is 0 Å². The second-order valence-corrected chi connectivity index (χ2v) is 6.10. The van der Waals surface area contributed by atoms with Crippen LogP contribution in [0.1, 0.15) is 33.3 Å². The molecule has 0 unspecified atom stereocenters. The first-order valence-corrected chi connectivity index (χ1v) is 6.74. The van der Waals surface area contributed by atoms with Crippen LogP contribution in [0.4, 0.5) is 10.2 Å². The minimum absolute atomic E-state index is 0.159. The van der Waals surface area contributed by atoms with Crippen molar-refractivity contribution in [2.24, 2.45) is 0 Å². The maximum atomic E-state index is 13.4. The standard InChI is InChI=1S/C14H20BFN2O3/c1-13(2)14(3,4)21-15(20-13)10(8-19)5-9-6-11(16)12(17)18-7-9/h5-7,19H,8H2,1-4H3,(H2,17,18). The van der Waals surface area contributed by atoms with Crippen LogP contribution >= 0.6 is 0 Å². The van der Waals surface area contributed by atoms with Gasteiger partial charge in [0.2, 0.25) is 0 Å². The number of aliphatic hydroxyl groups excluding tert-OH is 1. The molecule has 7 heteroatoms. The molecular weight excluding hydrogens is 274 g/mol. The molecule has 1 aromatic rings. The summed E-state index contributed by atoms with van der Waals surface area (Å²) in [6.45, 7) is 7.43. The van der Waals surface area contributed by atoms with E-state index in [1.807, 2.05) is 27.7 Å². The van der Waals surface area contributed by atoms with Crippen LogP contribution in [0.2, 0.25) is 0 Å². The van der Waals surface area contributed by atoms with Crippen molar-refractivity contribution >= 4 is 19.0 Å². The maximum absolute atomic E-state index is 13.4. The fourth-order valence-corrected chi connectivity index (χ4v) is 1.94. The van der Waals surface area contributed by atoms with Crippen molar-refractivity contribution in [3.05, 3.63) is 29.1 Å². The van der Waals surface area contributed by atoms with Crippen molar-refractivity contribution in [3.63, 3.8) is 0 Å². The van der Waals surface area contributed by atoms with E-state index in [-0.39, 0.29) is 12.4 Å². The zero-order valence-corrected chi connectivity index (χ0v) is 12.7. The number of nitrogen functional groups attached to an aromatic ring is 1. The van der Waals surface area contributed by atoms with Gasteiger partial charge in [-0.2, -0.15) is 0 Å². The quantitative estimate of drug-likeness (QED) is 0.831. The minimum atomic E-state index is -0.680. The van der Waals surface area contributed by atoms with Gasteiger partial charge in [0.1, 0.15) is 0 Å². The first kappa shape index (κ1) is 15.9. The van der Waals surface area contributed by atoms with Crippen LogP contribution in [0, 0.1) is 5.82 Å². The molecule has 3 N–H and O–H groups in total. The lowest BCUT2D eigenvalue weighted by Gasteiger charge is -2.32. The summed E-state index contributed by atoms with van der Waals surface area (Å²) in [5.41, 5.74) is 5.32. The summed E-state index contributed by atoms with van der Waals surface area (Å²) in [5.74, 6) is -0.761. The highest BCUT2D eigenvalue weighted by Crippen LogP contribution is 2.38. The predicted molar refractivity (Wildman–Crippen MR) is 79.8 cm³/mol. The Kier molecular flexibility index (Phi) is 4.10. The Morgan fingerprint density at radius 2 is 1.95 bits per heavy atom. The van der Waals surface area contributed by atoms with Crippen molar-refractivity contribution in [1.29, 1.82) is 0 Å². The van der Waals surface area contributed by atoms with Crippen LogP contribution in [-0.4, -0.2) is 35.0 Å². The minimum Gasteiger partial charge on any atom is -0.400 e. The SMILES string of the molecule is CC1(C)OB(C(=Cc2cnc(N)c(F)c2)CO)OC1(C)C. The van der Waals surface area contributed by atoms with Crippen LogP contribution in [0.15, 0.2) is 17.7 Å². The van der Waals surface area contributed by atoms with Crippen molar-refractivity contribution < 1.29 is 18.8 Å².